The van der Waals surface area contributed by atoms with Crippen LogP contribution in [0.25, 0.3) is 11.6 Å². The van der Waals surface area contributed by atoms with Crippen LogP contribution in [-0.4, -0.2) is 21.9 Å². The summed E-state index contributed by atoms with van der Waals surface area (Å²) in [7, 11) is 1.65. The van der Waals surface area contributed by atoms with Gasteiger partial charge in [-0.05, 0) is 53.6 Å². The number of aryl methyl sites for hydroxylation is 1. The van der Waals surface area contributed by atoms with Crippen LogP contribution < -0.4 is 4.74 Å². The fourth-order valence-electron chi connectivity index (χ4n) is 3.95. The predicted octanol–water partition coefficient (Wildman–Crippen LogP) is 4.94. The number of nitrogens with zero attached hydrogens (tertiary/aromatic N) is 1. The minimum atomic E-state index is -0.0700. The molecule has 1 aromatic carbocycles. The maximum atomic E-state index is 10.2. The Labute approximate surface area is 166 Å². The minimum Gasteiger partial charge on any atom is -0.497 e. The van der Waals surface area contributed by atoms with Gasteiger partial charge < -0.3 is 19.7 Å². The van der Waals surface area contributed by atoms with Crippen LogP contribution >= 0.6 is 11.3 Å². The monoisotopic (exact) mass is 393 g/mol. The van der Waals surface area contributed by atoms with Crippen molar-refractivity contribution in [3.05, 3.63) is 75.5 Å². The molecule has 5 rings (SSSR count). The maximum Gasteiger partial charge on any atom is 0.206 e. The van der Waals surface area contributed by atoms with E-state index in [1.165, 1.54) is 32.7 Å². The van der Waals surface area contributed by atoms with Gasteiger partial charge in [-0.2, -0.15) is 0 Å². The SMILES string of the molecule is COc1ccc2c(c1)C1=C(CC2)C(c2cccs2)C=C(n2c(O)ccc2O)O1. The van der Waals surface area contributed by atoms with Crippen molar-refractivity contribution in [2.75, 3.05) is 7.11 Å². The summed E-state index contributed by atoms with van der Waals surface area (Å²) in [6.07, 6.45) is 3.80. The summed E-state index contributed by atoms with van der Waals surface area (Å²) in [5, 5.41) is 22.5. The highest BCUT2D eigenvalue weighted by atomic mass is 32.1. The highest BCUT2D eigenvalue weighted by molar-refractivity contribution is 7.10. The third kappa shape index (κ3) is 2.60. The van der Waals surface area contributed by atoms with E-state index >= 15 is 0 Å². The van der Waals surface area contributed by atoms with Crippen molar-refractivity contribution in [3.8, 4) is 17.5 Å². The molecule has 6 heteroatoms. The van der Waals surface area contributed by atoms with Gasteiger partial charge in [-0.3, -0.25) is 0 Å². The number of thiophene rings is 1. The van der Waals surface area contributed by atoms with Crippen molar-refractivity contribution in [2.45, 2.75) is 18.8 Å². The zero-order chi connectivity index (χ0) is 19.3. The van der Waals surface area contributed by atoms with Gasteiger partial charge in [0.05, 0.1) is 7.11 Å². The summed E-state index contributed by atoms with van der Waals surface area (Å²) in [6.45, 7) is 0. The van der Waals surface area contributed by atoms with Crippen molar-refractivity contribution in [2.24, 2.45) is 0 Å². The molecule has 5 nitrogen and oxygen atoms in total. The van der Waals surface area contributed by atoms with E-state index in [9.17, 15) is 10.2 Å². The van der Waals surface area contributed by atoms with Gasteiger partial charge in [0, 0.05) is 28.5 Å². The molecule has 2 aromatic heterocycles. The largest absolute Gasteiger partial charge is 0.497 e. The third-order valence-electron chi connectivity index (χ3n) is 5.32. The van der Waals surface area contributed by atoms with Crippen LogP contribution in [0.5, 0.6) is 17.5 Å². The van der Waals surface area contributed by atoms with Crippen molar-refractivity contribution < 1.29 is 19.7 Å². The zero-order valence-corrected chi connectivity index (χ0v) is 16.1. The molecule has 1 aliphatic heterocycles. The molecule has 0 amide bonds. The van der Waals surface area contributed by atoms with E-state index in [1.54, 1.807) is 18.4 Å². The molecular formula is C22H19NO4S. The second kappa shape index (κ2) is 6.49. The average Bonchev–Trinajstić information content (AvgIpc) is 3.36. The lowest BCUT2D eigenvalue weighted by Gasteiger charge is -2.32. The van der Waals surface area contributed by atoms with Crippen molar-refractivity contribution in [3.63, 3.8) is 0 Å². The van der Waals surface area contributed by atoms with Crippen molar-refractivity contribution in [1.82, 2.24) is 4.57 Å². The number of ether oxygens (including phenoxy) is 2. The van der Waals surface area contributed by atoms with Crippen LogP contribution in [0.2, 0.25) is 0 Å². The van der Waals surface area contributed by atoms with Gasteiger partial charge >= 0.3 is 0 Å². The predicted molar refractivity (Wildman–Crippen MR) is 108 cm³/mol. The van der Waals surface area contributed by atoms with Gasteiger partial charge in [0.2, 0.25) is 17.6 Å². The minimum absolute atomic E-state index is 0.0271. The Kier molecular flexibility index (Phi) is 3.94. The molecule has 0 saturated carbocycles. The Balaban J connectivity index is 1.69. The smallest absolute Gasteiger partial charge is 0.206 e. The lowest BCUT2D eigenvalue weighted by Crippen LogP contribution is -2.18. The number of methoxy groups -OCH3 is 1. The second-order valence-corrected chi connectivity index (χ2v) is 7.84. The quantitative estimate of drug-likeness (QED) is 0.662. The highest BCUT2D eigenvalue weighted by Gasteiger charge is 2.33. The van der Waals surface area contributed by atoms with Gasteiger partial charge in [-0.1, -0.05) is 12.1 Å². The van der Waals surface area contributed by atoms with Crippen molar-refractivity contribution >= 4 is 23.0 Å². The van der Waals surface area contributed by atoms with Gasteiger partial charge in [-0.25, -0.2) is 4.57 Å². The number of fused-ring (bicyclic) bond motifs is 2. The molecule has 2 aliphatic rings. The van der Waals surface area contributed by atoms with Gasteiger partial charge in [0.25, 0.3) is 0 Å². The highest BCUT2D eigenvalue weighted by Crippen LogP contribution is 2.48. The van der Waals surface area contributed by atoms with E-state index in [-0.39, 0.29) is 17.7 Å². The molecular weight excluding hydrogens is 374 g/mol. The fraction of sp³-hybridized carbons (Fsp3) is 0.182. The summed E-state index contributed by atoms with van der Waals surface area (Å²) in [5.41, 5.74) is 3.41. The zero-order valence-electron chi connectivity index (χ0n) is 15.3. The standard InChI is InChI=1S/C22H19NO4S/c1-26-14-6-4-13-5-7-15-17(18-3-2-10-28-18)12-21(27-22(15)16(13)11-14)23-19(24)8-9-20(23)25/h2-4,6,8-12,17,24-25H,5,7H2,1H3. The van der Waals surface area contributed by atoms with Crippen LogP contribution in [0.1, 0.15) is 28.3 Å². The third-order valence-corrected chi connectivity index (χ3v) is 6.27. The van der Waals surface area contributed by atoms with E-state index < -0.39 is 0 Å². The molecule has 0 radical (unpaired) electrons. The van der Waals surface area contributed by atoms with Crippen LogP contribution in [0.4, 0.5) is 0 Å². The van der Waals surface area contributed by atoms with Crippen LogP contribution in [0.3, 0.4) is 0 Å². The first-order chi connectivity index (χ1) is 13.7. The first-order valence-corrected chi connectivity index (χ1v) is 9.97. The molecule has 3 aromatic rings. The number of benzene rings is 1. The number of hydrogen-bond donors (Lipinski definition) is 2. The van der Waals surface area contributed by atoms with Crippen molar-refractivity contribution in [1.29, 1.82) is 0 Å². The summed E-state index contributed by atoms with van der Waals surface area (Å²) in [4.78, 5) is 1.20. The lowest BCUT2D eigenvalue weighted by molar-refractivity contribution is 0.353. The number of rotatable bonds is 3. The average molecular weight is 393 g/mol. The molecule has 0 spiro atoms. The Morgan fingerprint density at radius 3 is 2.64 bits per heavy atom. The van der Waals surface area contributed by atoms with E-state index in [2.05, 4.69) is 17.5 Å². The molecule has 1 aliphatic carbocycles. The summed E-state index contributed by atoms with van der Waals surface area (Å²) in [6, 6.07) is 13.1. The molecule has 0 bridgehead atoms. The fourth-order valence-corrected chi connectivity index (χ4v) is 4.78. The Morgan fingerprint density at radius 2 is 1.93 bits per heavy atom. The molecule has 1 atom stereocenters. The first kappa shape index (κ1) is 17.0. The first-order valence-electron chi connectivity index (χ1n) is 9.09. The Hall–Kier alpha value is -3.12. The second-order valence-electron chi connectivity index (χ2n) is 6.86. The molecule has 0 fully saturated rings. The van der Waals surface area contributed by atoms with Gasteiger partial charge in [0.15, 0.2) is 0 Å². The topological polar surface area (TPSA) is 63.9 Å². The molecule has 28 heavy (non-hydrogen) atoms. The molecule has 142 valence electrons. The number of aromatic hydroxyl groups is 2. The van der Waals surface area contributed by atoms with Gasteiger partial charge in [-0.15, -0.1) is 11.3 Å². The molecule has 0 saturated heterocycles. The van der Waals surface area contributed by atoms with E-state index in [4.69, 9.17) is 9.47 Å². The molecule has 3 heterocycles. The number of allylic oxidation sites excluding steroid dienone is 2. The lowest BCUT2D eigenvalue weighted by atomic mass is 9.82. The summed E-state index contributed by atoms with van der Waals surface area (Å²) < 4.78 is 13.0. The Morgan fingerprint density at radius 1 is 1.11 bits per heavy atom. The summed E-state index contributed by atoms with van der Waals surface area (Å²) in [5.74, 6) is 1.83. The maximum absolute atomic E-state index is 10.2. The normalized spacial score (nSPS) is 18.2. The summed E-state index contributed by atoms with van der Waals surface area (Å²) >= 11 is 1.69. The number of aromatic nitrogens is 1. The van der Waals surface area contributed by atoms with E-state index in [0.29, 0.717) is 5.88 Å². The van der Waals surface area contributed by atoms with E-state index in [0.717, 1.165) is 29.9 Å². The van der Waals surface area contributed by atoms with Crippen LogP contribution in [0.15, 0.2) is 59.5 Å². The van der Waals surface area contributed by atoms with Crippen LogP contribution in [0, 0.1) is 0 Å². The Bertz CT molecular complexity index is 1090. The van der Waals surface area contributed by atoms with Gasteiger partial charge in [0.1, 0.15) is 11.5 Å². The molecule has 1 unspecified atom stereocenters. The molecule has 2 N–H and O–H groups in total. The van der Waals surface area contributed by atoms with E-state index in [1.807, 2.05) is 24.3 Å². The number of hydrogen-bond acceptors (Lipinski definition) is 5. The van der Waals surface area contributed by atoms with Crippen LogP contribution in [-0.2, 0) is 11.2 Å².